The van der Waals surface area contributed by atoms with Gasteiger partial charge in [0.15, 0.2) is 6.17 Å². The summed E-state index contributed by atoms with van der Waals surface area (Å²) in [5.41, 5.74) is 1.39. The molecule has 8 heteroatoms. The zero-order valence-corrected chi connectivity index (χ0v) is 15.2. The molecule has 2 N–H and O–H groups in total. The maximum absolute atomic E-state index is 12.8. The van der Waals surface area contributed by atoms with Crippen LogP contribution in [0.25, 0.3) is 0 Å². The van der Waals surface area contributed by atoms with Gasteiger partial charge in [0.2, 0.25) is 0 Å². The van der Waals surface area contributed by atoms with E-state index in [1.165, 1.54) is 24.0 Å². The number of carbonyl (C=O) groups is 3. The number of benzene rings is 2. The molecule has 1 aliphatic heterocycles. The number of amides is 4. The van der Waals surface area contributed by atoms with Crippen molar-refractivity contribution in [2.24, 2.45) is 0 Å². The summed E-state index contributed by atoms with van der Waals surface area (Å²) in [6.45, 7) is 0. The summed E-state index contributed by atoms with van der Waals surface area (Å²) in [6.07, 6.45) is -1.14. The third kappa shape index (κ3) is 3.55. The van der Waals surface area contributed by atoms with Gasteiger partial charge in [-0.2, -0.15) is 0 Å². The van der Waals surface area contributed by atoms with Crippen molar-refractivity contribution in [3.8, 4) is 5.75 Å². The highest BCUT2D eigenvalue weighted by Gasteiger charge is 2.37. The third-order valence-electron chi connectivity index (χ3n) is 4.36. The number of nitrogens with zero attached hydrogens (tertiary/aromatic N) is 2. The topological polar surface area (TPSA) is 91.0 Å². The monoisotopic (exact) mass is 368 g/mol. The Morgan fingerprint density at radius 1 is 1.07 bits per heavy atom. The molecule has 4 amide bonds. The van der Waals surface area contributed by atoms with Crippen molar-refractivity contribution in [3.63, 3.8) is 0 Å². The number of anilines is 2. The Hall–Kier alpha value is -3.55. The van der Waals surface area contributed by atoms with Crippen molar-refractivity contribution in [3.05, 3.63) is 54.1 Å². The zero-order chi connectivity index (χ0) is 19.6. The van der Waals surface area contributed by atoms with Gasteiger partial charge in [-0.15, -0.1) is 0 Å². The minimum absolute atomic E-state index is 0.352. The van der Waals surface area contributed by atoms with Crippen LogP contribution in [0.2, 0.25) is 0 Å². The number of likely N-dealkylation sites (N-methyl/N-ethyl adjacent to an activating group) is 2. The fourth-order valence-corrected chi connectivity index (χ4v) is 2.87. The molecule has 1 heterocycles. The number of hydrogen-bond acceptors (Lipinski definition) is 4. The van der Waals surface area contributed by atoms with Crippen LogP contribution in [-0.4, -0.2) is 50.1 Å². The van der Waals surface area contributed by atoms with E-state index in [1.807, 2.05) is 0 Å². The minimum atomic E-state index is -1.14. The third-order valence-corrected chi connectivity index (χ3v) is 4.36. The van der Waals surface area contributed by atoms with Gasteiger partial charge in [0.25, 0.3) is 11.8 Å². The van der Waals surface area contributed by atoms with E-state index in [4.69, 9.17) is 4.74 Å². The molecule has 0 spiro atoms. The smallest absolute Gasteiger partial charge is 0.321 e. The van der Waals surface area contributed by atoms with Crippen molar-refractivity contribution >= 4 is 29.2 Å². The molecule has 1 atom stereocenters. The van der Waals surface area contributed by atoms with E-state index in [0.29, 0.717) is 22.7 Å². The van der Waals surface area contributed by atoms with Crippen LogP contribution < -0.4 is 20.3 Å². The molecule has 2 aromatic carbocycles. The molecule has 1 aliphatic rings. The molecule has 8 nitrogen and oxygen atoms in total. The van der Waals surface area contributed by atoms with Crippen molar-refractivity contribution in [2.75, 3.05) is 31.4 Å². The van der Waals surface area contributed by atoms with Gasteiger partial charge in [-0.25, -0.2) is 4.79 Å². The Kier molecular flexibility index (Phi) is 4.98. The largest absolute Gasteiger partial charge is 0.497 e. The van der Waals surface area contributed by atoms with Crippen LogP contribution in [0, 0.1) is 0 Å². The molecule has 0 aromatic heterocycles. The SMILES string of the molecule is COc1cccc(NC(=O)NC2C(=O)N(C)c3ccccc3C(=O)N2C)c1. The number of fused-ring (bicyclic) bond motifs is 1. The average molecular weight is 368 g/mol. The molecular formula is C19H20N4O4. The lowest BCUT2D eigenvalue weighted by Crippen LogP contribution is -2.56. The molecule has 140 valence electrons. The average Bonchev–Trinajstić information content (AvgIpc) is 2.75. The molecule has 0 saturated heterocycles. The number of nitrogens with one attached hydrogen (secondary N) is 2. The fourth-order valence-electron chi connectivity index (χ4n) is 2.87. The van der Waals surface area contributed by atoms with Gasteiger partial charge in [-0.05, 0) is 24.3 Å². The molecule has 0 saturated carbocycles. The summed E-state index contributed by atoms with van der Waals surface area (Å²) in [5, 5.41) is 5.20. The number of carbonyl (C=O) groups excluding carboxylic acids is 3. The van der Waals surface area contributed by atoms with Crippen LogP contribution in [-0.2, 0) is 4.79 Å². The first-order valence-electron chi connectivity index (χ1n) is 8.27. The Morgan fingerprint density at radius 3 is 2.56 bits per heavy atom. The highest BCUT2D eigenvalue weighted by Crippen LogP contribution is 2.25. The lowest BCUT2D eigenvalue weighted by Gasteiger charge is -2.27. The summed E-state index contributed by atoms with van der Waals surface area (Å²) >= 11 is 0. The minimum Gasteiger partial charge on any atom is -0.497 e. The molecule has 0 fully saturated rings. The number of rotatable bonds is 3. The summed E-state index contributed by atoms with van der Waals surface area (Å²) in [5.74, 6) is -0.188. The van der Waals surface area contributed by atoms with Crippen LogP contribution in [0.4, 0.5) is 16.2 Å². The van der Waals surface area contributed by atoms with E-state index in [1.54, 1.807) is 55.6 Å². The standard InChI is InChI=1S/C19H20N4O4/c1-22-15-10-5-4-9-14(15)17(24)23(2)16(18(22)25)21-19(26)20-12-7-6-8-13(11-12)27-3/h4-11,16H,1-3H3,(H2,20,21,26). The normalized spacial score (nSPS) is 16.5. The first kappa shape index (κ1) is 18.2. The Bertz CT molecular complexity index is 899. The van der Waals surface area contributed by atoms with Crippen molar-refractivity contribution in [1.29, 1.82) is 0 Å². The van der Waals surface area contributed by atoms with Gasteiger partial charge in [0, 0.05) is 25.8 Å². The van der Waals surface area contributed by atoms with Crippen LogP contribution in [0.5, 0.6) is 5.75 Å². The molecule has 0 radical (unpaired) electrons. The van der Waals surface area contributed by atoms with Crippen molar-refractivity contribution in [1.82, 2.24) is 10.2 Å². The van der Waals surface area contributed by atoms with Gasteiger partial charge < -0.3 is 25.2 Å². The lowest BCUT2D eigenvalue weighted by atomic mass is 10.1. The maximum atomic E-state index is 12.8. The van der Waals surface area contributed by atoms with Crippen LogP contribution in [0.3, 0.4) is 0 Å². The predicted octanol–water partition coefficient (Wildman–Crippen LogP) is 1.89. The summed E-state index contributed by atoms with van der Waals surface area (Å²) in [4.78, 5) is 40.5. The van der Waals surface area contributed by atoms with Crippen molar-refractivity contribution in [2.45, 2.75) is 6.17 Å². The zero-order valence-electron chi connectivity index (χ0n) is 15.2. The molecule has 3 rings (SSSR count). The molecule has 0 aliphatic carbocycles. The number of hydrogen-bond donors (Lipinski definition) is 2. The molecular weight excluding hydrogens is 348 g/mol. The van der Waals surface area contributed by atoms with Crippen LogP contribution in [0.1, 0.15) is 10.4 Å². The maximum Gasteiger partial charge on any atom is 0.321 e. The number of ether oxygens (including phenoxy) is 1. The predicted molar refractivity (Wildman–Crippen MR) is 101 cm³/mol. The highest BCUT2D eigenvalue weighted by molar-refractivity contribution is 6.11. The molecule has 27 heavy (non-hydrogen) atoms. The number of methoxy groups -OCH3 is 1. The fraction of sp³-hybridized carbons (Fsp3) is 0.211. The van der Waals surface area contributed by atoms with E-state index >= 15 is 0 Å². The van der Waals surface area contributed by atoms with E-state index in [2.05, 4.69) is 10.6 Å². The van der Waals surface area contributed by atoms with E-state index in [9.17, 15) is 14.4 Å². The molecule has 1 unspecified atom stereocenters. The second kappa shape index (κ2) is 7.36. The molecule has 0 bridgehead atoms. The second-order valence-electron chi connectivity index (χ2n) is 6.06. The van der Waals surface area contributed by atoms with Gasteiger partial charge in [0.05, 0.1) is 18.4 Å². The van der Waals surface area contributed by atoms with Gasteiger partial charge in [0.1, 0.15) is 5.75 Å². The van der Waals surface area contributed by atoms with Crippen LogP contribution in [0.15, 0.2) is 48.5 Å². The van der Waals surface area contributed by atoms with Crippen molar-refractivity contribution < 1.29 is 19.1 Å². The Balaban J connectivity index is 1.80. The summed E-state index contributed by atoms with van der Waals surface area (Å²) in [7, 11) is 4.58. The first-order valence-corrected chi connectivity index (χ1v) is 8.27. The van der Waals surface area contributed by atoms with E-state index in [-0.39, 0.29) is 5.91 Å². The van der Waals surface area contributed by atoms with Crippen LogP contribution >= 0.6 is 0 Å². The highest BCUT2D eigenvalue weighted by atomic mass is 16.5. The van der Waals surface area contributed by atoms with Gasteiger partial charge in [-0.3, -0.25) is 9.59 Å². The summed E-state index contributed by atoms with van der Waals surface area (Å²) in [6, 6.07) is 13.0. The van der Waals surface area contributed by atoms with Gasteiger partial charge >= 0.3 is 6.03 Å². The van der Waals surface area contributed by atoms with E-state index in [0.717, 1.165) is 0 Å². The second-order valence-corrected chi connectivity index (χ2v) is 6.06. The quantitative estimate of drug-likeness (QED) is 0.866. The number of para-hydroxylation sites is 1. The Morgan fingerprint density at radius 2 is 1.81 bits per heavy atom. The lowest BCUT2D eigenvalue weighted by molar-refractivity contribution is -0.122. The molecule has 2 aromatic rings. The van der Waals surface area contributed by atoms with E-state index < -0.39 is 18.1 Å². The first-order chi connectivity index (χ1) is 12.9. The summed E-state index contributed by atoms with van der Waals surface area (Å²) < 4.78 is 5.12. The van der Waals surface area contributed by atoms with Gasteiger partial charge in [-0.1, -0.05) is 18.2 Å². The Labute approximate surface area is 156 Å². The number of urea groups is 1.